The van der Waals surface area contributed by atoms with Gasteiger partial charge in [-0.1, -0.05) is 72.8 Å². The molecule has 0 aliphatic carbocycles. The Morgan fingerprint density at radius 3 is 2.22 bits per heavy atom. The van der Waals surface area contributed by atoms with Crippen LogP contribution in [0.5, 0.6) is 0 Å². The lowest BCUT2D eigenvalue weighted by Gasteiger charge is -2.31. The summed E-state index contributed by atoms with van der Waals surface area (Å²) in [4.78, 5) is 15.0. The van der Waals surface area contributed by atoms with Crippen LogP contribution in [0.2, 0.25) is 0 Å². The molecule has 0 radical (unpaired) electrons. The van der Waals surface area contributed by atoms with Crippen molar-refractivity contribution in [2.45, 2.75) is 24.9 Å². The second-order valence-corrected chi connectivity index (χ2v) is 9.97. The van der Waals surface area contributed by atoms with Gasteiger partial charge in [-0.2, -0.15) is 0 Å². The molecule has 6 nitrogen and oxygen atoms in total. The van der Waals surface area contributed by atoms with Crippen LogP contribution >= 0.6 is 0 Å². The van der Waals surface area contributed by atoms with Crippen LogP contribution in [-0.4, -0.2) is 58.2 Å². The van der Waals surface area contributed by atoms with Gasteiger partial charge in [-0.15, -0.1) is 0 Å². The van der Waals surface area contributed by atoms with E-state index in [1.807, 2.05) is 48.5 Å². The number of nitrogens with zero attached hydrogens (tertiary/aromatic N) is 1. The van der Waals surface area contributed by atoms with E-state index in [1.165, 1.54) is 0 Å². The molecular formula is C25H31N3O3S. The fourth-order valence-corrected chi connectivity index (χ4v) is 4.31. The van der Waals surface area contributed by atoms with Gasteiger partial charge in [-0.05, 0) is 41.8 Å². The summed E-state index contributed by atoms with van der Waals surface area (Å²) in [6.45, 7) is 0.155. The predicted octanol–water partition coefficient (Wildman–Crippen LogP) is 2.59. The number of amides is 1. The Bertz CT molecular complexity index is 1150. The molecule has 0 aliphatic rings. The number of hydrogen-bond donors (Lipinski definition) is 2. The highest BCUT2D eigenvalue weighted by Gasteiger charge is 2.27. The Labute approximate surface area is 190 Å². The van der Waals surface area contributed by atoms with Gasteiger partial charge < -0.3 is 10.2 Å². The second kappa shape index (κ2) is 10.7. The lowest BCUT2D eigenvalue weighted by Crippen LogP contribution is -2.52. The van der Waals surface area contributed by atoms with Gasteiger partial charge in [0.15, 0.2) is 0 Å². The minimum atomic E-state index is -3.37. The van der Waals surface area contributed by atoms with Gasteiger partial charge in [-0.25, -0.2) is 13.1 Å². The van der Waals surface area contributed by atoms with E-state index in [0.717, 1.165) is 28.2 Å². The topological polar surface area (TPSA) is 78.5 Å². The molecule has 0 saturated carbocycles. The second-order valence-electron chi connectivity index (χ2n) is 8.14. The number of nitrogens with one attached hydrogen (secondary N) is 2. The highest BCUT2D eigenvalue weighted by Crippen LogP contribution is 2.18. The zero-order valence-corrected chi connectivity index (χ0v) is 19.6. The smallest absolute Gasteiger partial charge is 0.240 e. The Kier molecular flexibility index (Phi) is 8.01. The van der Waals surface area contributed by atoms with Crippen LogP contribution in [0, 0.1) is 0 Å². The first-order chi connectivity index (χ1) is 15.3. The fourth-order valence-electron chi connectivity index (χ4n) is 3.82. The standard InChI is InChI=1S/C25H31N3O3S/c1-26-24(17-20-13-14-21-11-7-8-12-22(21)15-20)25(29)28(2)23(18-27-32(3,30)31)16-19-9-5-4-6-10-19/h4-15,23-24,26-27H,16-18H2,1-3H3. The van der Waals surface area contributed by atoms with Crippen LogP contribution < -0.4 is 10.0 Å². The minimum absolute atomic E-state index is 0.0723. The Morgan fingerprint density at radius 1 is 0.906 bits per heavy atom. The van der Waals surface area contributed by atoms with Gasteiger partial charge in [-0.3, -0.25) is 4.79 Å². The molecular weight excluding hydrogens is 422 g/mol. The maximum absolute atomic E-state index is 13.4. The normalized spacial score (nSPS) is 13.6. The zero-order valence-electron chi connectivity index (χ0n) is 18.8. The number of hydrogen-bond acceptors (Lipinski definition) is 4. The molecule has 2 atom stereocenters. The third-order valence-corrected chi connectivity index (χ3v) is 6.38. The molecule has 1 amide bonds. The quantitative estimate of drug-likeness (QED) is 0.495. The summed E-state index contributed by atoms with van der Waals surface area (Å²) in [5.41, 5.74) is 2.11. The molecule has 3 aromatic rings. The van der Waals surface area contributed by atoms with E-state index in [1.54, 1.807) is 19.0 Å². The van der Waals surface area contributed by atoms with Crippen LogP contribution in [0.1, 0.15) is 11.1 Å². The average Bonchev–Trinajstić information content (AvgIpc) is 2.79. The van der Waals surface area contributed by atoms with Gasteiger partial charge in [0, 0.05) is 19.6 Å². The molecule has 0 saturated heterocycles. The first-order valence-electron chi connectivity index (χ1n) is 10.7. The predicted molar refractivity (Wildman–Crippen MR) is 130 cm³/mol. The highest BCUT2D eigenvalue weighted by molar-refractivity contribution is 7.88. The minimum Gasteiger partial charge on any atom is -0.340 e. The molecule has 32 heavy (non-hydrogen) atoms. The summed E-state index contributed by atoms with van der Waals surface area (Å²) >= 11 is 0. The lowest BCUT2D eigenvalue weighted by atomic mass is 9.99. The molecule has 0 spiro atoms. The van der Waals surface area contributed by atoms with E-state index in [4.69, 9.17) is 0 Å². The maximum Gasteiger partial charge on any atom is 0.240 e. The summed E-state index contributed by atoms with van der Waals surface area (Å²) in [5, 5.41) is 5.44. The van der Waals surface area contributed by atoms with Crippen LogP contribution in [0.4, 0.5) is 0 Å². The van der Waals surface area contributed by atoms with E-state index in [-0.39, 0.29) is 18.5 Å². The number of carbonyl (C=O) groups is 1. The number of rotatable bonds is 10. The number of sulfonamides is 1. The van der Waals surface area contributed by atoms with Gasteiger partial charge in [0.1, 0.15) is 0 Å². The van der Waals surface area contributed by atoms with Crippen molar-refractivity contribution in [1.29, 1.82) is 0 Å². The molecule has 0 fully saturated rings. The maximum atomic E-state index is 13.4. The molecule has 170 valence electrons. The molecule has 2 unspecified atom stereocenters. The number of likely N-dealkylation sites (N-methyl/N-ethyl adjacent to an activating group) is 2. The SMILES string of the molecule is CNC(Cc1ccc2ccccc2c1)C(=O)N(C)C(CNS(C)(=O)=O)Cc1ccccc1. The molecule has 0 heterocycles. The van der Waals surface area contributed by atoms with Crippen LogP contribution in [0.3, 0.4) is 0 Å². The number of carbonyl (C=O) groups excluding carboxylic acids is 1. The average molecular weight is 454 g/mol. The van der Waals surface area contributed by atoms with Crippen LogP contribution in [0.15, 0.2) is 72.8 Å². The van der Waals surface area contributed by atoms with Crippen molar-refractivity contribution in [3.63, 3.8) is 0 Å². The van der Waals surface area contributed by atoms with Crippen molar-refractivity contribution in [2.75, 3.05) is 26.9 Å². The molecule has 3 rings (SSSR count). The van der Waals surface area contributed by atoms with Crippen LogP contribution in [-0.2, 0) is 27.7 Å². The van der Waals surface area contributed by atoms with Gasteiger partial charge in [0.25, 0.3) is 0 Å². The van der Waals surface area contributed by atoms with Crippen molar-refractivity contribution in [3.05, 3.63) is 83.9 Å². The Balaban J connectivity index is 1.77. The summed E-state index contributed by atoms with van der Waals surface area (Å²) in [6.07, 6.45) is 2.23. The van der Waals surface area contributed by atoms with Gasteiger partial charge in [0.05, 0.1) is 12.3 Å². The summed E-state index contributed by atoms with van der Waals surface area (Å²) in [6, 6.07) is 23.4. The van der Waals surface area contributed by atoms with Gasteiger partial charge >= 0.3 is 0 Å². The van der Waals surface area contributed by atoms with E-state index < -0.39 is 16.1 Å². The first-order valence-corrected chi connectivity index (χ1v) is 12.6. The van der Waals surface area contributed by atoms with Crippen molar-refractivity contribution in [3.8, 4) is 0 Å². The van der Waals surface area contributed by atoms with E-state index >= 15 is 0 Å². The Hall–Kier alpha value is -2.74. The molecule has 0 aromatic heterocycles. The first kappa shape index (κ1) is 23.9. The van der Waals surface area contributed by atoms with E-state index in [2.05, 4.69) is 34.3 Å². The molecule has 3 aromatic carbocycles. The third-order valence-electron chi connectivity index (χ3n) is 5.69. The summed E-state index contributed by atoms with van der Waals surface area (Å²) < 4.78 is 25.9. The monoisotopic (exact) mass is 453 g/mol. The van der Waals surface area contributed by atoms with E-state index in [9.17, 15) is 13.2 Å². The lowest BCUT2D eigenvalue weighted by molar-refractivity contribution is -0.134. The van der Waals surface area contributed by atoms with Crippen molar-refractivity contribution in [2.24, 2.45) is 0 Å². The highest BCUT2D eigenvalue weighted by atomic mass is 32.2. The van der Waals surface area contributed by atoms with Crippen molar-refractivity contribution >= 4 is 26.7 Å². The third kappa shape index (κ3) is 6.63. The number of benzene rings is 3. The van der Waals surface area contributed by atoms with Crippen LogP contribution in [0.25, 0.3) is 10.8 Å². The Morgan fingerprint density at radius 2 is 1.56 bits per heavy atom. The largest absolute Gasteiger partial charge is 0.340 e. The zero-order chi connectivity index (χ0) is 23.1. The summed E-state index contributed by atoms with van der Waals surface area (Å²) in [5.74, 6) is -0.0723. The molecule has 7 heteroatoms. The summed E-state index contributed by atoms with van der Waals surface area (Å²) in [7, 11) is 0.147. The van der Waals surface area contributed by atoms with E-state index in [0.29, 0.717) is 12.8 Å². The van der Waals surface area contributed by atoms with Crippen molar-refractivity contribution in [1.82, 2.24) is 14.9 Å². The molecule has 0 bridgehead atoms. The molecule has 0 aliphatic heterocycles. The van der Waals surface area contributed by atoms with Gasteiger partial charge in [0.2, 0.25) is 15.9 Å². The molecule has 2 N–H and O–H groups in total. The fraction of sp³-hybridized carbons (Fsp3) is 0.320. The van der Waals surface area contributed by atoms with Crippen molar-refractivity contribution < 1.29 is 13.2 Å². The number of fused-ring (bicyclic) bond motifs is 1.